The number of benzene rings is 1. The van der Waals surface area contributed by atoms with E-state index in [1.54, 1.807) is 6.07 Å². The first-order valence-corrected chi connectivity index (χ1v) is 7.63. The third-order valence-corrected chi connectivity index (χ3v) is 4.03. The van der Waals surface area contributed by atoms with Gasteiger partial charge in [0.2, 0.25) is 5.91 Å². The lowest BCUT2D eigenvalue weighted by Crippen LogP contribution is -2.46. The summed E-state index contributed by atoms with van der Waals surface area (Å²) in [5.74, 6) is -0.506. The van der Waals surface area contributed by atoms with Crippen molar-refractivity contribution in [1.29, 1.82) is 0 Å². The lowest BCUT2D eigenvalue weighted by molar-refractivity contribution is -0.123. The molecule has 5 N–H and O–H groups in total. The minimum Gasteiger partial charge on any atom is -0.504 e. The van der Waals surface area contributed by atoms with Crippen molar-refractivity contribution in [2.45, 2.75) is 57.0 Å². The van der Waals surface area contributed by atoms with Crippen LogP contribution in [0.15, 0.2) is 18.2 Å². The van der Waals surface area contributed by atoms with Crippen molar-refractivity contribution in [3.8, 4) is 11.5 Å². The van der Waals surface area contributed by atoms with Crippen LogP contribution in [0.2, 0.25) is 0 Å². The van der Waals surface area contributed by atoms with E-state index in [0.29, 0.717) is 6.42 Å². The lowest BCUT2D eigenvalue weighted by Gasteiger charge is -2.19. The highest BCUT2D eigenvalue weighted by Crippen LogP contribution is 2.25. The molecule has 1 aliphatic carbocycles. The molecule has 0 bridgehead atoms. The summed E-state index contributed by atoms with van der Waals surface area (Å²) in [5, 5.41) is 21.8. The number of aromatic hydroxyl groups is 2. The molecule has 0 spiro atoms. The van der Waals surface area contributed by atoms with E-state index in [1.165, 1.54) is 25.0 Å². The molecule has 1 aromatic rings. The molecule has 1 aliphatic rings. The first-order chi connectivity index (χ1) is 10.1. The van der Waals surface area contributed by atoms with Crippen LogP contribution in [0.4, 0.5) is 0 Å². The van der Waals surface area contributed by atoms with Gasteiger partial charge in [0.15, 0.2) is 11.5 Å². The second kappa shape index (κ2) is 7.31. The second-order valence-corrected chi connectivity index (χ2v) is 5.83. The minimum atomic E-state index is -0.641. The van der Waals surface area contributed by atoms with E-state index in [9.17, 15) is 15.0 Å². The SMILES string of the molecule is N[C@@H](Cc1ccc(O)c(O)c1)C(=O)NC1CCCCCC1. The molecule has 0 heterocycles. The molecule has 1 fully saturated rings. The minimum absolute atomic E-state index is 0.144. The molecule has 1 saturated carbocycles. The number of carbonyl (C=O) groups excluding carboxylic acids is 1. The fraction of sp³-hybridized carbons (Fsp3) is 0.562. The van der Waals surface area contributed by atoms with E-state index < -0.39 is 6.04 Å². The van der Waals surface area contributed by atoms with Crippen molar-refractivity contribution in [2.24, 2.45) is 5.73 Å². The monoisotopic (exact) mass is 292 g/mol. The Morgan fingerprint density at radius 1 is 1.19 bits per heavy atom. The van der Waals surface area contributed by atoms with E-state index in [2.05, 4.69) is 5.32 Å². The molecule has 0 aromatic heterocycles. The van der Waals surface area contributed by atoms with Gasteiger partial charge >= 0.3 is 0 Å². The predicted octanol–water partition coefficient (Wildman–Crippen LogP) is 1.81. The Labute approximate surface area is 125 Å². The van der Waals surface area contributed by atoms with Crippen LogP contribution in [0.1, 0.15) is 44.1 Å². The molecule has 0 radical (unpaired) electrons. The molecule has 5 heteroatoms. The fourth-order valence-corrected chi connectivity index (χ4v) is 2.77. The normalized spacial score (nSPS) is 18.0. The third kappa shape index (κ3) is 4.63. The number of nitrogens with two attached hydrogens (primary N) is 1. The maximum Gasteiger partial charge on any atom is 0.237 e. The summed E-state index contributed by atoms with van der Waals surface area (Å²) in [7, 11) is 0. The molecule has 116 valence electrons. The molecule has 1 amide bonds. The van der Waals surface area contributed by atoms with Crippen molar-refractivity contribution in [2.75, 3.05) is 0 Å². The zero-order chi connectivity index (χ0) is 15.2. The van der Waals surface area contributed by atoms with E-state index in [-0.39, 0.29) is 23.4 Å². The van der Waals surface area contributed by atoms with Gasteiger partial charge in [-0.2, -0.15) is 0 Å². The molecular formula is C16H24N2O3. The van der Waals surface area contributed by atoms with Gasteiger partial charge in [0.1, 0.15) is 0 Å². The maximum atomic E-state index is 12.1. The molecule has 1 aromatic carbocycles. The van der Waals surface area contributed by atoms with Crippen molar-refractivity contribution in [3.63, 3.8) is 0 Å². The summed E-state index contributed by atoms with van der Waals surface area (Å²) in [6.45, 7) is 0. The van der Waals surface area contributed by atoms with E-state index >= 15 is 0 Å². The molecule has 21 heavy (non-hydrogen) atoms. The first-order valence-electron chi connectivity index (χ1n) is 7.63. The molecule has 0 saturated heterocycles. The quantitative estimate of drug-likeness (QED) is 0.503. The topological polar surface area (TPSA) is 95.6 Å². The largest absolute Gasteiger partial charge is 0.504 e. The number of phenolic OH excluding ortho intramolecular Hbond substituents is 2. The van der Waals surface area contributed by atoms with Gasteiger partial charge in [0, 0.05) is 6.04 Å². The lowest BCUT2D eigenvalue weighted by atomic mass is 10.0. The smallest absolute Gasteiger partial charge is 0.237 e. The van der Waals surface area contributed by atoms with Gasteiger partial charge in [0.25, 0.3) is 0 Å². The van der Waals surface area contributed by atoms with Crippen LogP contribution in [0.3, 0.4) is 0 Å². The van der Waals surface area contributed by atoms with Crippen molar-refractivity contribution >= 4 is 5.91 Å². The zero-order valence-corrected chi connectivity index (χ0v) is 12.2. The third-order valence-electron chi connectivity index (χ3n) is 4.03. The summed E-state index contributed by atoms with van der Waals surface area (Å²) in [6, 6.07) is 4.10. The van der Waals surface area contributed by atoms with Gasteiger partial charge in [-0.3, -0.25) is 4.79 Å². The van der Waals surface area contributed by atoms with E-state index in [0.717, 1.165) is 31.2 Å². The summed E-state index contributed by atoms with van der Waals surface area (Å²) >= 11 is 0. The van der Waals surface area contributed by atoms with Crippen LogP contribution in [0.5, 0.6) is 11.5 Å². The van der Waals surface area contributed by atoms with Crippen molar-refractivity contribution in [1.82, 2.24) is 5.32 Å². The van der Waals surface area contributed by atoms with Crippen molar-refractivity contribution < 1.29 is 15.0 Å². The number of rotatable bonds is 4. The van der Waals surface area contributed by atoms with Crippen LogP contribution in [0.25, 0.3) is 0 Å². The van der Waals surface area contributed by atoms with Gasteiger partial charge in [-0.1, -0.05) is 31.7 Å². The number of phenols is 2. The standard InChI is InChI=1S/C16H24N2O3/c17-13(9-11-7-8-14(19)15(20)10-11)16(21)18-12-5-3-1-2-4-6-12/h7-8,10,12-13,19-20H,1-6,9,17H2,(H,18,21)/t13-/m0/s1. The Kier molecular flexibility index (Phi) is 5.44. The first kappa shape index (κ1) is 15.6. The Balaban J connectivity index is 1.87. The van der Waals surface area contributed by atoms with Gasteiger partial charge in [-0.15, -0.1) is 0 Å². The van der Waals surface area contributed by atoms with Gasteiger partial charge in [0.05, 0.1) is 6.04 Å². The fourth-order valence-electron chi connectivity index (χ4n) is 2.77. The average Bonchev–Trinajstić information content (AvgIpc) is 2.71. The average molecular weight is 292 g/mol. The van der Waals surface area contributed by atoms with E-state index in [1.807, 2.05) is 0 Å². The van der Waals surface area contributed by atoms with Gasteiger partial charge in [-0.25, -0.2) is 0 Å². The molecule has 0 unspecified atom stereocenters. The summed E-state index contributed by atoms with van der Waals surface area (Å²) < 4.78 is 0. The molecule has 2 rings (SSSR count). The molecule has 0 aliphatic heterocycles. The van der Waals surface area contributed by atoms with Crippen LogP contribution in [-0.4, -0.2) is 28.2 Å². The Morgan fingerprint density at radius 2 is 1.86 bits per heavy atom. The van der Waals surface area contributed by atoms with E-state index in [4.69, 9.17) is 5.73 Å². The Morgan fingerprint density at radius 3 is 2.48 bits per heavy atom. The predicted molar refractivity (Wildman–Crippen MR) is 81.1 cm³/mol. The Hall–Kier alpha value is -1.75. The number of hydrogen-bond donors (Lipinski definition) is 4. The zero-order valence-electron chi connectivity index (χ0n) is 12.2. The maximum absolute atomic E-state index is 12.1. The summed E-state index contributed by atoms with van der Waals surface area (Å²) in [6.07, 6.45) is 7.19. The number of hydrogen-bond acceptors (Lipinski definition) is 4. The number of amides is 1. The van der Waals surface area contributed by atoms with Crippen LogP contribution >= 0.6 is 0 Å². The van der Waals surface area contributed by atoms with Gasteiger partial charge in [-0.05, 0) is 37.0 Å². The number of nitrogens with one attached hydrogen (secondary N) is 1. The highest BCUT2D eigenvalue weighted by molar-refractivity contribution is 5.82. The highest BCUT2D eigenvalue weighted by atomic mass is 16.3. The summed E-state index contributed by atoms with van der Waals surface area (Å²) in [5.41, 5.74) is 6.67. The highest BCUT2D eigenvalue weighted by Gasteiger charge is 2.19. The van der Waals surface area contributed by atoms with Crippen molar-refractivity contribution in [3.05, 3.63) is 23.8 Å². The molecule has 1 atom stereocenters. The van der Waals surface area contributed by atoms with Crippen LogP contribution in [-0.2, 0) is 11.2 Å². The number of carbonyl (C=O) groups is 1. The molecular weight excluding hydrogens is 268 g/mol. The Bertz CT molecular complexity index is 482. The van der Waals surface area contributed by atoms with Gasteiger partial charge < -0.3 is 21.3 Å². The van der Waals surface area contributed by atoms with Crippen LogP contribution < -0.4 is 11.1 Å². The summed E-state index contributed by atoms with van der Waals surface area (Å²) in [4.78, 5) is 12.1. The molecule has 5 nitrogen and oxygen atoms in total. The second-order valence-electron chi connectivity index (χ2n) is 5.83. The van der Waals surface area contributed by atoms with Crippen LogP contribution in [0, 0.1) is 0 Å².